The Kier molecular flexibility index (Phi) is 5.70. The molecule has 0 fully saturated rings. The molecule has 0 radical (unpaired) electrons. The second-order valence-corrected chi connectivity index (χ2v) is 5.75. The summed E-state index contributed by atoms with van der Waals surface area (Å²) in [7, 11) is 0. The van der Waals surface area contributed by atoms with Gasteiger partial charge in [0.2, 0.25) is 0 Å². The molecule has 0 aliphatic rings. The zero-order valence-corrected chi connectivity index (χ0v) is 12.6. The van der Waals surface area contributed by atoms with E-state index in [9.17, 15) is 4.79 Å². The van der Waals surface area contributed by atoms with Gasteiger partial charge in [0, 0.05) is 5.56 Å². The van der Waals surface area contributed by atoms with E-state index in [4.69, 9.17) is 9.47 Å². The molecular weight excluding hydrogens is 240 g/mol. The zero-order valence-electron chi connectivity index (χ0n) is 12.6. The number of ketones is 1. The lowest BCUT2D eigenvalue weighted by molar-refractivity contribution is -0.0324. The fourth-order valence-corrected chi connectivity index (χ4v) is 1.69. The summed E-state index contributed by atoms with van der Waals surface area (Å²) in [5.74, 6) is 0.0250. The molecule has 0 saturated carbocycles. The van der Waals surface area contributed by atoms with Gasteiger partial charge in [0.15, 0.2) is 5.78 Å². The Balaban J connectivity index is 2.38. The van der Waals surface area contributed by atoms with Crippen molar-refractivity contribution in [1.82, 2.24) is 0 Å². The third-order valence-corrected chi connectivity index (χ3v) is 2.69. The Morgan fingerprint density at radius 3 is 2.47 bits per heavy atom. The number of aryl methyl sites for hydroxylation is 2. The van der Waals surface area contributed by atoms with Gasteiger partial charge in [-0.1, -0.05) is 17.7 Å². The Morgan fingerprint density at radius 2 is 1.84 bits per heavy atom. The molecule has 0 bridgehead atoms. The molecule has 0 aliphatic heterocycles. The Hall–Kier alpha value is -1.19. The van der Waals surface area contributed by atoms with Crippen LogP contribution in [0.2, 0.25) is 0 Å². The summed E-state index contributed by atoms with van der Waals surface area (Å²) in [6, 6.07) is 5.88. The number of carbonyl (C=O) groups excluding carboxylic acids is 1. The van der Waals surface area contributed by atoms with Gasteiger partial charge in [0.25, 0.3) is 0 Å². The van der Waals surface area contributed by atoms with Gasteiger partial charge in [-0.15, -0.1) is 0 Å². The first-order valence-corrected chi connectivity index (χ1v) is 6.62. The van der Waals surface area contributed by atoms with Gasteiger partial charge in [0.1, 0.15) is 6.61 Å². The first-order chi connectivity index (χ1) is 8.79. The van der Waals surface area contributed by atoms with Gasteiger partial charge in [-0.05, 0) is 46.2 Å². The number of hydrogen-bond donors (Lipinski definition) is 0. The standard InChI is InChI=1S/C16H24O3/c1-12-6-7-13(2)14(10-12)15(17)11-18-8-9-19-16(3,4)5/h6-7,10H,8-9,11H2,1-5H3. The summed E-state index contributed by atoms with van der Waals surface area (Å²) in [6.07, 6.45) is 0. The molecule has 19 heavy (non-hydrogen) atoms. The van der Waals surface area contributed by atoms with E-state index in [-0.39, 0.29) is 18.0 Å². The minimum absolute atomic E-state index is 0.0250. The second-order valence-electron chi connectivity index (χ2n) is 5.75. The quantitative estimate of drug-likeness (QED) is 0.584. The zero-order chi connectivity index (χ0) is 14.5. The molecule has 0 aromatic heterocycles. The van der Waals surface area contributed by atoms with Crippen molar-refractivity contribution in [3.8, 4) is 0 Å². The molecule has 0 amide bonds. The van der Waals surface area contributed by atoms with Crippen molar-refractivity contribution >= 4 is 5.78 Å². The molecule has 0 aliphatic carbocycles. The monoisotopic (exact) mass is 264 g/mol. The number of ether oxygens (including phenoxy) is 2. The average Bonchev–Trinajstić information content (AvgIpc) is 2.30. The average molecular weight is 264 g/mol. The highest BCUT2D eigenvalue weighted by atomic mass is 16.5. The second kappa shape index (κ2) is 6.83. The van der Waals surface area contributed by atoms with E-state index < -0.39 is 0 Å². The SMILES string of the molecule is Cc1ccc(C)c(C(=O)COCCOC(C)(C)C)c1. The number of carbonyl (C=O) groups is 1. The van der Waals surface area contributed by atoms with Crippen molar-refractivity contribution in [3.05, 3.63) is 34.9 Å². The molecule has 0 saturated heterocycles. The predicted octanol–water partition coefficient (Wildman–Crippen LogP) is 3.32. The third-order valence-electron chi connectivity index (χ3n) is 2.69. The Morgan fingerprint density at radius 1 is 1.16 bits per heavy atom. The van der Waals surface area contributed by atoms with Crippen LogP contribution in [0.1, 0.15) is 42.3 Å². The summed E-state index contributed by atoms with van der Waals surface area (Å²) < 4.78 is 10.9. The molecule has 0 unspecified atom stereocenters. The largest absolute Gasteiger partial charge is 0.373 e. The summed E-state index contributed by atoms with van der Waals surface area (Å²) in [5.41, 5.74) is 2.66. The lowest BCUT2D eigenvalue weighted by Gasteiger charge is -2.19. The van der Waals surface area contributed by atoms with Gasteiger partial charge >= 0.3 is 0 Å². The maximum absolute atomic E-state index is 12.0. The highest BCUT2D eigenvalue weighted by Crippen LogP contribution is 2.11. The molecule has 0 atom stereocenters. The van der Waals surface area contributed by atoms with Gasteiger partial charge in [-0.3, -0.25) is 4.79 Å². The van der Waals surface area contributed by atoms with E-state index in [1.54, 1.807) is 0 Å². The van der Waals surface area contributed by atoms with Crippen molar-refractivity contribution < 1.29 is 14.3 Å². The number of benzene rings is 1. The molecule has 0 heterocycles. The van der Waals surface area contributed by atoms with Crippen LogP contribution in [0.25, 0.3) is 0 Å². The predicted molar refractivity (Wildman–Crippen MR) is 76.8 cm³/mol. The summed E-state index contributed by atoms with van der Waals surface area (Å²) in [5, 5.41) is 0. The molecule has 106 valence electrons. The van der Waals surface area contributed by atoms with Crippen molar-refractivity contribution in [1.29, 1.82) is 0 Å². The summed E-state index contributed by atoms with van der Waals surface area (Å²) in [6.45, 7) is 11.0. The van der Waals surface area contributed by atoms with E-state index in [0.717, 1.165) is 16.7 Å². The number of hydrogen-bond acceptors (Lipinski definition) is 3. The van der Waals surface area contributed by atoms with Crippen LogP contribution >= 0.6 is 0 Å². The first-order valence-electron chi connectivity index (χ1n) is 6.62. The third kappa shape index (κ3) is 5.99. The minimum atomic E-state index is -0.166. The number of Topliss-reactive ketones (excluding diaryl/α,β-unsaturated/α-hetero) is 1. The van der Waals surface area contributed by atoms with Crippen molar-refractivity contribution in [2.75, 3.05) is 19.8 Å². The van der Waals surface area contributed by atoms with Gasteiger partial charge in [-0.2, -0.15) is 0 Å². The van der Waals surface area contributed by atoms with Crippen LogP contribution in [0, 0.1) is 13.8 Å². The lowest BCUT2D eigenvalue weighted by atomic mass is 10.0. The van der Waals surface area contributed by atoms with Crippen LogP contribution in [-0.2, 0) is 9.47 Å². The van der Waals surface area contributed by atoms with Crippen molar-refractivity contribution in [2.24, 2.45) is 0 Å². The van der Waals surface area contributed by atoms with Crippen LogP contribution in [-0.4, -0.2) is 31.2 Å². The van der Waals surface area contributed by atoms with Crippen molar-refractivity contribution in [2.45, 2.75) is 40.2 Å². The van der Waals surface area contributed by atoms with Crippen LogP contribution < -0.4 is 0 Å². The molecule has 3 heteroatoms. The summed E-state index contributed by atoms with van der Waals surface area (Å²) in [4.78, 5) is 12.0. The van der Waals surface area contributed by atoms with Crippen LogP contribution in [0.5, 0.6) is 0 Å². The first kappa shape index (κ1) is 15.9. The minimum Gasteiger partial charge on any atom is -0.373 e. The highest BCUT2D eigenvalue weighted by molar-refractivity contribution is 5.98. The topological polar surface area (TPSA) is 35.5 Å². The molecule has 1 rings (SSSR count). The molecular formula is C16H24O3. The normalized spacial score (nSPS) is 11.6. The molecule has 1 aromatic carbocycles. The smallest absolute Gasteiger partial charge is 0.188 e. The number of rotatable bonds is 6. The van der Waals surface area contributed by atoms with Crippen LogP contribution in [0.4, 0.5) is 0 Å². The Labute approximate surface area is 115 Å². The fraction of sp³-hybridized carbons (Fsp3) is 0.562. The van der Waals surface area contributed by atoms with E-state index in [1.165, 1.54) is 0 Å². The van der Waals surface area contributed by atoms with E-state index in [2.05, 4.69) is 0 Å². The summed E-state index contributed by atoms with van der Waals surface area (Å²) >= 11 is 0. The van der Waals surface area contributed by atoms with Crippen LogP contribution in [0.3, 0.4) is 0 Å². The van der Waals surface area contributed by atoms with Crippen LogP contribution in [0.15, 0.2) is 18.2 Å². The van der Waals surface area contributed by atoms with Gasteiger partial charge in [-0.25, -0.2) is 0 Å². The molecule has 0 spiro atoms. The van der Waals surface area contributed by atoms with E-state index in [0.29, 0.717) is 13.2 Å². The molecule has 0 N–H and O–H groups in total. The van der Waals surface area contributed by atoms with E-state index in [1.807, 2.05) is 52.8 Å². The Bertz CT molecular complexity index is 430. The maximum atomic E-state index is 12.0. The van der Waals surface area contributed by atoms with E-state index >= 15 is 0 Å². The van der Waals surface area contributed by atoms with Gasteiger partial charge < -0.3 is 9.47 Å². The maximum Gasteiger partial charge on any atom is 0.188 e. The molecule has 3 nitrogen and oxygen atoms in total. The fourth-order valence-electron chi connectivity index (χ4n) is 1.69. The lowest BCUT2D eigenvalue weighted by Crippen LogP contribution is -2.22. The highest BCUT2D eigenvalue weighted by Gasteiger charge is 2.11. The van der Waals surface area contributed by atoms with Crippen molar-refractivity contribution in [3.63, 3.8) is 0 Å². The van der Waals surface area contributed by atoms with Gasteiger partial charge in [0.05, 0.1) is 18.8 Å². The molecule has 1 aromatic rings.